The van der Waals surface area contributed by atoms with Gasteiger partial charge in [-0.25, -0.2) is 0 Å². The van der Waals surface area contributed by atoms with Gasteiger partial charge < -0.3 is 0 Å². The molecule has 0 aromatic heterocycles. The van der Waals surface area contributed by atoms with Gasteiger partial charge in [0.25, 0.3) is 0 Å². The Hall–Kier alpha value is -0.617. The van der Waals surface area contributed by atoms with Gasteiger partial charge in [0.15, 0.2) is 0 Å². The molecule has 0 spiro atoms. The number of allylic oxidation sites excluding steroid dienone is 2. The second kappa shape index (κ2) is 9.94. The molecule has 3 aliphatic carbocycles. The molecule has 172 valence electrons. The molecule has 3 heteroatoms. The Morgan fingerprint density at radius 1 is 0.656 bits per heavy atom. The number of rotatable bonds is 3. The van der Waals surface area contributed by atoms with Gasteiger partial charge in [-0.05, 0) is 0 Å². The van der Waals surface area contributed by atoms with Gasteiger partial charge in [0.05, 0.1) is 0 Å². The van der Waals surface area contributed by atoms with Crippen LogP contribution < -0.4 is 0 Å². The molecule has 2 aromatic rings. The zero-order chi connectivity index (χ0) is 21.0. The van der Waals surface area contributed by atoms with Crippen molar-refractivity contribution >= 4 is 37.0 Å². The maximum absolute atomic E-state index is 2.86. The first-order valence-corrected chi connectivity index (χ1v) is 18.7. The van der Waals surface area contributed by atoms with Crippen LogP contribution in [0, 0.1) is 13.8 Å². The Bertz CT molecular complexity index is 985. The average molecular weight is 549 g/mol. The van der Waals surface area contributed by atoms with E-state index in [0.29, 0.717) is 0 Å². The minimum atomic E-state index is -2.82. The van der Waals surface area contributed by atoms with E-state index in [1.165, 1.54) is 43.2 Å². The molecule has 0 N–H and O–H groups in total. The zero-order valence-corrected chi connectivity index (χ0v) is 24.3. The average Bonchev–Trinajstić information content (AvgIpc) is 3.26. The summed E-state index contributed by atoms with van der Waals surface area (Å²) < 4.78 is 5.28. The summed E-state index contributed by atoms with van der Waals surface area (Å²) in [6, 6.07) is 14.2. The maximum Gasteiger partial charge on any atom is -0.147 e. The molecule has 2 unspecified atom stereocenters. The summed E-state index contributed by atoms with van der Waals surface area (Å²) in [4.78, 5) is 0. The molecule has 1 saturated carbocycles. The van der Waals surface area contributed by atoms with Crippen LogP contribution in [-0.2, 0) is 20.3 Å². The molecular weight excluding hydrogens is 510 g/mol. The second-order valence-corrected chi connectivity index (χ2v) is 22.1. The van der Waals surface area contributed by atoms with Crippen LogP contribution >= 0.6 is 24.8 Å². The monoisotopic (exact) mass is 546 g/mol. The normalized spacial score (nSPS) is 23.8. The van der Waals surface area contributed by atoms with Crippen molar-refractivity contribution in [2.75, 3.05) is 0 Å². The van der Waals surface area contributed by atoms with E-state index in [1.807, 2.05) is 0 Å². The third-order valence-electron chi connectivity index (χ3n) is 8.72. The predicted octanol–water partition coefficient (Wildman–Crippen LogP) is 9.72. The summed E-state index contributed by atoms with van der Waals surface area (Å²) in [5, 5.41) is 0. The number of hydrogen-bond donors (Lipinski definition) is 0. The molecule has 0 bridgehead atoms. The zero-order valence-electron chi connectivity index (χ0n) is 20.2. The topological polar surface area (TPSA) is 0 Å². The van der Waals surface area contributed by atoms with Crippen LogP contribution in [0.4, 0.5) is 0 Å². The molecule has 32 heavy (non-hydrogen) atoms. The van der Waals surface area contributed by atoms with Crippen molar-refractivity contribution in [3.63, 3.8) is 0 Å². The van der Waals surface area contributed by atoms with E-state index in [1.54, 1.807) is 33.4 Å². The fourth-order valence-electron chi connectivity index (χ4n) is 7.43. The van der Waals surface area contributed by atoms with Crippen molar-refractivity contribution in [2.24, 2.45) is 0 Å². The molecule has 5 rings (SSSR count). The molecule has 2 atom stereocenters. The van der Waals surface area contributed by atoms with E-state index >= 15 is 0 Å². The first-order chi connectivity index (χ1) is 14.4. The molecular formula is C29H38Cl2Zr. The van der Waals surface area contributed by atoms with Gasteiger partial charge in [-0.1, -0.05) is 0 Å². The van der Waals surface area contributed by atoms with Gasteiger partial charge in [0.2, 0.25) is 0 Å². The fraction of sp³-hybridized carbons (Fsp3) is 0.448. The summed E-state index contributed by atoms with van der Waals surface area (Å²) in [5.41, 5.74) is 12.7. The van der Waals surface area contributed by atoms with Crippen molar-refractivity contribution in [2.45, 2.75) is 75.3 Å². The van der Waals surface area contributed by atoms with Gasteiger partial charge in [-0.2, -0.15) is 0 Å². The SMILES string of the molecule is CC1=Cc2c(C)cccc2[CH]1[Zr]([CH3])([CH]1CCCCC1)[CH]1C(C)=Cc2c(C)cccc21.Cl.Cl. The van der Waals surface area contributed by atoms with Crippen LogP contribution in [0.25, 0.3) is 12.2 Å². The Labute approximate surface area is 212 Å². The molecule has 0 amide bonds. The van der Waals surface area contributed by atoms with Gasteiger partial charge >= 0.3 is 189 Å². The summed E-state index contributed by atoms with van der Waals surface area (Å²) >= 11 is -2.82. The molecule has 0 nitrogen and oxygen atoms in total. The fourth-order valence-corrected chi connectivity index (χ4v) is 24.4. The van der Waals surface area contributed by atoms with Crippen molar-refractivity contribution in [1.82, 2.24) is 0 Å². The quantitative estimate of drug-likeness (QED) is 0.358. The Morgan fingerprint density at radius 2 is 1.09 bits per heavy atom. The summed E-state index contributed by atoms with van der Waals surface area (Å²) in [7, 11) is 0. The predicted molar refractivity (Wildman–Crippen MR) is 142 cm³/mol. The molecule has 0 radical (unpaired) electrons. The van der Waals surface area contributed by atoms with E-state index in [4.69, 9.17) is 0 Å². The number of halogens is 2. The van der Waals surface area contributed by atoms with Crippen LogP contribution in [0.15, 0.2) is 47.5 Å². The number of aryl methyl sites for hydroxylation is 2. The van der Waals surface area contributed by atoms with E-state index < -0.39 is 20.3 Å². The summed E-state index contributed by atoms with van der Waals surface area (Å²) in [6.45, 7) is 9.51. The Morgan fingerprint density at radius 3 is 1.53 bits per heavy atom. The van der Waals surface area contributed by atoms with E-state index in [9.17, 15) is 0 Å². The molecule has 0 saturated heterocycles. The van der Waals surface area contributed by atoms with Crippen molar-refractivity contribution in [3.05, 3.63) is 80.9 Å². The first kappa shape index (κ1) is 26.0. The van der Waals surface area contributed by atoms with Crippen molar-refractivity contribution < 1.29 is 20.3 Å². The summed E-state index contributed by atoms with van der Waals surface area (Å²) in [5.74, 6) is 0. The van der Waals surface area contributed by atoms with Gasteiger partial charge in [-0.15, -0.1) is 24.8 Å². The molecule has 0 aliphatic heterocycles. The molecule has 2 aromatic carbocycles. The van der Waals surface area contributed by atoms with Crippen molar-refractivity contribution in [1.29, 1.82) is 0 Å². The largest absolute Gasteiger partial charge is 0.147 e. The van der Waals surface area contributed by atoms with Crippen LogP contribution in [0.1, 0.15) is 86.6 Å². The minimum Gasteiger partial charge on any atom is -0.147 e. The first-order valence-electron chi connectivity index (χ1n) is 12.0. The van der Waals surface area contributed by atoms with Crippen molar-refractivity contribution in [3.8, 4) is 0 Å². The molecule has 3 aliphatic rings. The molecule has 0 heterocycles. The van der Waals surface area contributed by atoms with Crippen LogP contribution in [0.5, 0.6) is 0 Å². The third kappa shape index (κ3) is 3.95. The Balaban J connectivity index is 0.00000144. The van der Waals surface area contributed by atoms with Crippen LogP contribution in [0.3, 0.4) is 0 Å². The second-order valence-electron chi connectivity index (χ2n) is 10.5. The van der Waals surface area contributed by atoms with Crippen LogP contribution in [-0.4, -0.2) is 0 Å². The smallest absolute Gasteiger partial charge is 0.147 e. The number of fused-ring (bicyclic) bond motifs is 2. The summed E-state index contributed by atoms with van der Waals surface area (Å²) in [6.07, 6.45) is 12.4. The molecule has 1 fully saturated rings. The van der Waals surface area contributed by atoms with E-state index in [2.05, 4.69) is 80.9 Å². The van der Waals surface area contributed by atoms with E-state index in [-0.39, 0.29) is 24.8 Å². The number of benzene rings is 2. The Kier molecular flexibility index (Phi) is 8.07. The van der Waals surface area contributed by atoms with Gasteiger partial charge in [-0.3, -0.25) is 0 Å². The maximum atomic E-state index is 2.86. The number of hydrogen-bond acceptors (Lipinski definition) is 0. The van der Waals surface area contributed by atoms with Crippen LogP contribution in [0.2, 0.25) is 8.26 Å². The standard InChI is InChI=1S/2C11H11.C6H11.CH3.2ClH.Zr/c2*1-8-6-10-5-3-4-9(2)11(10)7-8;1-2-4-6-5-3-1;;;;/h2*3-7H,1-2H3;1H,2-6H2;1H3;2*1H;. The third-order valence-corrected chi connectivity index (χ3v) is 24.3. The van der Waals surface area contributed by atoms with E-state index in [0.717, 1.165) is 10.9 Å². The van der Waals surface area contributed by atoms with Gasteiger partial charge in [0.1, 0.15) is 0 Å². The minimum absolute atomic E-state index is 0. The van der Waals surface area contributed by atoms with Gasteiger partial charge in [0, 0.05) is 0 Å².